The third-order valence-electron chi connectivity index (χ3n) is 2.02. The Morgan fingerprint density at radius 2 is 1.89 bits per heavy atom. The number of hydrogen-bond acceptors (Lipinski definition) is 1. The molecule has 0 N–H and O–H groups in total. The summed E-state index contributed by atoms with van der Waals surface area (Å²) < 4.78 is 5.36. The summed E-state index contributed by atoms with van der Waals surface area (Å²) >= 11 is 0. The second-order valence-electron chi connectivity index (χ2n) is 5.06. The van der Waals surface area contributed by atoms with Crippen LogP contribution in [0, 0.1) is 17.3 Å². The van der Waals surface area contributed by atoms with Crippen molar-refractivity contribution in [2.45, 2.75) is 20.8 Å². The van der Waals surface area contributed by atoms with Gasteiger partial charge in [-0.1, -0.05) is 50.8 Å². The quantitative estimate of drug-likeness (QED) is 0.443. The van der Waals surface area contributed by atoms with Crippen molar-refractivity contribution in [1.29, 1.82) is 0 Å². The van der Waals surface area contributed by atoms with Crippen LogP contribution in [0.3, 0.4) is 0 Å². The first-order chi connectivity index (χ1) is 8.58. The van der Waals surface area contributed by atoms with Crippen molar-refractivity contribution in [1.82, 2.24) is 0 Å². The van der Waals surface area contributed by atoms with Crippen LogP contribution in [0.25, 0.3) is 0 Å². The van der Waals surface area contributed by atoms with Gasteiger partial charge in [0.2, 0.25) is 0 Å². The lowest BCUT2D eigenvalue weighted by Crippen LogP contribution is -1.97. The molecule has 1 heteroatoms. The van der Waals surface area contributed by atoms with Gasteiger partial charge in [0.15, 0.2) is 0 Å². The topological polar surface area (TPSA) is 9.23 Å². The van der Waals surface area contributed by atoms with E-state index in [0.29, 0.717) is 13.2 Å². The van der Waals surface area contributed by atoms with Crippen molar-refractivity contribution < 1.29 is 4.74 Å². The highest BCUT2D eigenvalue weighted by Crippen LogP contribution is 2.12. The predicted molar refractivity (Wildman–Crippen MR) is 76.2 cm³/mol. The zero-order valence-electron chi connectivity index (χ0n) is 11.4. The molecule has 0 aromatic heterocycles. The maximum atomic E-state index is 5.36. The number of benzene rings is 1. The standard InChI is InChI=1S/C17H20O/c1-17(2,3)13-7-8-14-18-15-9-12-16-10-5-4-6-11-16/h4-6,8,10-11,13H,14-15H2,1-3H3. The Bertz CT molecular complexity index is 460. The fourth-order valence-electron chi connectivity index (χ4n) is 1.19. The number of ether oxygens (including phenoxy) is 1. The van der Waals surface area contributed by atoms with E-state index in [1.165, 1.54) is 0 Å². The average Bonchev–Trinajstić information content (AvgIpc) is 2.32. The van der Waals surface area contributed by atoms with Crippen molar-refractivity contribution in [3.05, 3.63) is 53.8 Å². The van der Waals surface area contributed by atoms with E-state index in [-0.39, 0.29) is 5.41 Å². The maximum absolute atomic E-state index is 5.36. The fourth-order valence-corrected chi connectivity index (χ4v) is 1.19. The molecule has 0 saturated heterocycles. The van der Waals surface area contributed by atoms with Gasteiger partial charge >= 0.3 is 0 Å². The third-order valence-corrected chi connectivity index (χ3v) is 2.02. The van der Waals surface area contributed by atoms with Gasteiger partial charge in [0.05, 0.1) is 6.61 Å². The third kappa shape index (κ3) is 7.52. The summed E-state index contributed by atoms with van der Waals surface area (Å²) in [6.07, 6.45) is 3.92. The van der Waals surface area contributed by atoms with Crippen LogP contribution in [-0.4, -0.2) is 13.2 Å². The van der Waals surface area contributed by atoms with Gasteiger partial charge in [0.25, 0.3) is 0 Å². The van der Waals surface area contributed by atoms with Crippen LogP contribution < -0.4 is 0 Å². The van der Waals surface area contributed by atoms with Gasteiger partial charge in [0, 0.05) is 5.56 Å². The minimum absolute atomic E-state index is 0.170. The molecule has 0 radical (unpaired) electrons. The van der Waals surface area contributed by atoms with E-state index in [4.69, 9.17) is 4.74 Å². The van der Waals surface area contributed by atoms with Gasteiger partial charge in [-0.15, -0.1) is 5.73 Å². The van der Waals surface area contributed by atoms with E-state index in [0.717, 1.165) is 5.56 Å². The molecule has 1 rings (SSSR count). The Labute approximate surface area is 110 Å². The lowest BCUT2D eigenvalue weighted by atomic mass is 9.97. The van der Waals surface area contributed by atoms with Crippen LogP contribution in [0.5, 0.6) is 0 Å². The summed E-state index contributed by atoms with van der Waals surface area (Å²) in [7, 11) is 0. The van der Waals surface area contributed by atoms with E-state index >= 15 is 0 Å². The van der Waals surface area contributed by atoms with Crippen LogP contribution >= 0.6 is 0 Å². The highest BCUT2D eigenvalue weighted by Gasteiger charge is 2.01. The molecule has 0 aliphatic rings. The first kappa shape index (κ1) is 14.3. The molecule has 94 valence electrons. The lowest BCUT2D eigenvalue weighted by Gasteiger charge is -2.08. The molecular formula is C17H20O. The molecule has 0 saturated carbocycles. The van der Waals surface area contributed by atoms with E-state index in [9.17, 15) is 0 Å². The molecule has 0 heterocycles. The summed E-state index contributed by atoms with van der Waals surface area (Å²) in [6.45, 7) is 7.42. The zero-order valence-corrected chi connectivity index (χ0v) is 11.4. The highest BCUT2D eigenvalue weighted by molar-refractivity contribution is 5.33. The van der Waals surface area contributed by atoms with E-state index < -0.39 is 0 Å². The Morgan fingerprint density at radius 3 is 2.56 bits per heavy atom. The lowest BCUT2D eigenvalue weighted by molar-refractivity contribution is 0.199. The first-order valence-electron chi connectivity index (χ1n) is 6.12. The second kappa shape index (κ2) is 7.56. The van der Waals surface area contributed by atoms with Crippen LogP contribution in [0.1, 0.15) is 26.3 Å². The van der Waals surface area contributed by atoms with Gasteiger partial charge in [-0.25, -0.2) is 0 Å². The molecule has 0 unspecified atom stereocenters. The largest absolute Gasteiger partial charge is 0.364 e. The van der Waals surface area contributed by atoms with Crippen molar-refractivity contribution in [2.24, 2.45) is 5.41 Å². The smallest absolute Gasteiger partial charge is 0.108 e. The Morgan fingerprint density at radius 1 is 1.17 bits per heavy atom. The summed E-state index contributed by atoms with van der Waals surface area (Å²) in [5, 5.41) is 0. The Balaban J connectivity index is 2.24. The summed E-state index contributed by atoms with van der Waals surface area (Å²) in [5.41, 5.74) is 4.30. The van der Waals surface area contributed by atoms with Crippen LogP contribution in [-0.2, 0) is 4.74 Å². The molecule has 0 fully saturated rings. The summed E-state index contributed by atoms with van der Waals surface area (Å²) in [6, 6.07) is 9.90. The Hall–Kier alpha value is -1.74. The summed E-state index contributed by atoms with van der Waals surface area (Å²) in [4.78, 5) is 0. The number of hydrogen-bond donors (Lipinski definition) is 0. The van der Waals surface area contributed by atoms with Crippen molar-refractivity contribution in [2.75, 3.05) is 13.2 Å². The molecule has 0 spiro atoms. The van der Waals surface area contributed by atoms with E-state index in [2.05, 4.69) is 38.3 Å². The molecule has 1 aromatic rings. The highest BCUT2D eigenvalue weighted by atomic mass is 16.5. The molecule has 0 atom stereocenters. The molecule has 0 aliphatic carbocycles. The molecule has 0 amide bonds. The molecule has 1 nitrogen and oxygen atoms in total. The van der Waals surface area contributed by atoms with Crippen LogP contribution in [0.2, 0.25) is 0 Å². The molecule has 0 bridgehead atoms. The van der Waals surface area contributed by atoms with Crippen LogP contribution in [0.15, 0.2) is 48.2 Å². The van der Waals surface area contributed by atoms with Gasteiger partial charge in [-0.2, -0.15) is 0 Å². The number of rotatable bonds is 3. The molecule has 18 heavy (non-hydrogen) atoms. The van der Waals surface area contributed by atoms with Gasteiger partial charge in [-0.3, -0.25) is 0 Å². The first-order valence-corrected chi connectivity index (χ1v) is 6.12. The monoisotopic (exact) mass is 240 g/mol. The van der Waals surface area contributed by atoms with E-state index in [1.54, 1.807) is 0 Å². The minimum atomic E-state index is 0.170. The fraction of sp³-hybridized carbons (Fsp3) is 0.353. The molecule has 0 aliphatic heterocycles. The predicted octanol–water partition coefficient (Wildman–Crippen LogP) is 3.81. The maximum Gasteiger partial charge on any atom is 0.108 e. The SMILES string of the molecule is CC(C)(C)C=C=CCOCC#Cc1ccccc1. The minimum Gasteiger partial charge on any atom is -0.364 e. The second-order valence-corrected chi connectivity index (χ2v) is 5.06. The van der Waals surface area contributed by atoms with Crippen LogP contribution in [0.4, 0.5) is 0 Å². The van der Waals surface area contributed by atoms with E-state index in [1.807, 2.05) is 42.5 Å². The van der Waals surface area contributed by atoms with Crippen molar-refractivity contribution in [3.8, 4) is 11.8 Å². The van der Waals surface area contributed by atoms with Crippen molar-refractivity contribution >= 4 is 0 Å². The summed E-state index contributed by atoms with van der Waals surface area (Å²) in [5.74, 6) is 6.02. The molecular weight excluding hydrogens is 220 g/mol. The van der Waals surface area contributed by atoms with Gasteiger partial charge < -0.3 is 4.74 Å². The normalized spacial score (nSPS) is 9.94. The van der Waals surface area contributed by atoms with Gasteiger partial charge in [0.1, 0.15) is 6.61 Å². The zero-order chi connectivity index (χ0) is 13.3. The van der Waals surface area contributed by atoms with Crippen molar-refractivity contribution in [3.63, 3.8) is 0 Å². The Kier molecular flexibility index (Phi) is 6.01. The average molecular weight is 240 g/mol. The molecule has 1 aromatic carbocycles. The van der Waals surface area contributed by atoms with Gasteiger partial charge in [-0.05, 0) is 29.7 Å².